The number of benzene rings is 2. The van der Waals surface area contributed by atoms with Gasteiger partial charge < -0.3 is 19.7 Å². The maximum atomic E-state index is 13.1. The second-order valence-electron chi connectivity index (χ2n) is 7.57. The monoisotopic (exact) mass is 412 g/mol. The fourth-order valence-corrected chi connectivity index (χ4v) is 3.20. The molecular weight excluding hydrogens is 380 g/mol. The number of carbonyl (C=O) groups is 2. The van der Waals surface area contributed by atoms with E-state index in [1.54, 1.807) is 12.0 Å². The zero-order chi connectivity index (χ0) is 22.1. The molecule has 0 bridgehead atoms. The average molecular weight is 413 g/mol. The van der Waals surface area contributed by atoms with Gasteiger partial charge in [-0.25, -0.2) is 0 Å². The molecular formula is C24H32N2O4. The Morgan fingerprint density at radius 2 is 1.77 bits per heavy atom. The molecule has 0 heterocycles. The first-order chi connectivity index (χ1) is 14.3. The van der Waals surface area contributed by atoms with Crippen molar-refractivity contribution in [2.45, 2.75) is 52.7 Å². The van der Waals surface area contributed by atoms with Gasteiger partial charge in [0.1, 0.15) is 17.5 Å². The van der Waals surface area contributed by atoms with Crippen LogP contribution in [0.25, 0.3) is 0 Å². The quantitative estimate of drug-likeness (QED) is 0.646. The van der Waals surface area contributed by atoms with E-state index < -0.39 is 6.04 Å². The molecule has 0 radical (unpaired) electrons. The molecule has 2 amide bonds. The predicted octanol–water partition coefficient (Wildman–Crippen LogP) is 3.71. The number of rotatable bonds is 10. The first kappa shape index (κ1) is 23.3. The summed E-state index contributed by atoms with van der Waals surface area (Å²) in [5.41, 5.74) is 1.94. The molecule has 0 aliphatic heterocycles. The van der Waals surface area contributed by atoms with Crippen LogP contribution in [0.1, 0.15) is 38.3 Å². The van der Waals surface area contributed by atoms with Crippen LogP contribution in [0.4, 0.5) is 0 Å². The third-order valence-electron chi connectivity index (χ3n) is 4.66. The Kier molecular flexibility index (Phi) is 8.71. The van der Waals surface area contributed by atoms with Gasteiger partial charge in [0.25, 0.3) is 5.91 Å². The average Bonchev–Trinajstić information content (AvgIpc) is 2.71. The van der Waals surface area contributed by atoms with Crippen LogP contribution in [0.2, 0.25) is 0 Å². The smallest absolute Gasteiger partial charge is 0.261 e. The molecule has 162 valence electrons. The van der Waals surface area contributed by atoms with Crippen molar-refractivity contribution >= 4 is 11.8 Å². The molecule has 1 atom stereocenters. The second-order valence-corrected chi connectivity index (χ2v) is 7.57. The van der Waals surface area contributed by atoms with E-state index in [2.05, 4.69) is 5.32 Å². The standard InChI is InChI=1S/C24H32N2O4/c1-6-22(24(28)25-17(2)3)26(15-19-10-8-11-20(14-19)29-5)23(27)16-30-21-12-7-9-18(4)13-21/h7-14,17,22H,6,15-16H2,1-5H3,(H,25,28)/t22-/m0/s1. The summed E-state index contributed by atoms with van der Waals surface area (Å²) in [4.78, 5) is 27.5. The first-order valence-electron chi connectivity index (χ1n) is 10.3. The van der Waals surface area contributed by atoms with Gasteiger partial charge in [0, 0.05) is 12.6 Å². The molecule has 0 spiro atoms. The maximum Gasteiger partial charge on any atom is 0.261 e. The molecule has 0 aliphatic carbocycles. The molecule has 6 nitrogen and oxygen atoms in total. The number of carbonyl (C=O) groups excluding carboxylic acids is 2. The van der Waals surface area contributed by atoms with Crippen molar-refractivity contribution < 1.29 is 19.1 Å². The number of hydrogen-bond donors (Lipinski definition) is 1. The van der Waals surface area contributed by atoms with Gasteiger partial charge in [-0.1, -0.05) is 31.2 Å². The minimum absolute atomic E-state index is 0.0103. The van der Waals surface area contributed by atoms with Crippen molar-refractivity contribution in [3.8, 4) is 11.5 Å². The summed E-state index contributed by atoms with van der Waals surface area (Å²) in [6.45, 7) is 7.82. The van der Waals surface area contributed by atoms with Crippen molar-refractivity contribution in [3.05, 3.63) is 59.7 Å². The van der Waals surface area contributed by atoms with Crippen LogP contribution in [-0.2, 0) is 16.1 Å². The van der Waals surface area contributed by atoms with Crippen LogP contribution in [0.3, 0.4) is 0 Å². The summed E-state index contributed by atoms with van der Waals surface area (Å²) in [6.07, 6.45) is 0.499. The van der Waals surface area contributed by atoms with Gasteiger partial charge in [0.2, 0.25) is 5.91 Å². The minimum Gasteiger partial charge on any atom is -0.497 e. The molecule has 0 saturated carbocycles. The second kappa shape index (κ2) is 11.2. The van der Waals surface area contributed by atoms with Crippen LogP contribution in [-0.4, -0.2) is 42.5 Å². The molecule has 0 aliphatic rings. The number of ether oxygens (including phenoxy) is 2. The topological polar surface area (TPSA) is 67.9 Å². The third-order valence-corrected chi connectivity index (χ3v) is 4.66. The van der Waals surface area contributed by atoms with E-state index in [0.717, 1.165) is 11.1 Å². The predicted molar refractivity (Wildman–Crippen MR) is 118 cm³/mol. The highest BCUT2D eigenvalue weighted by molar-refractivity contribution is 5.88. The highest BCUT2D eigenvalue weighted by Gasteiger charge is 2.29. The lowest BCUT2D eigenvalue weighted by atomic mass is 10.1. The molecule has 0 aromatic heterocycles. The Balaban J connectivity index is 2.23. The van der Waals surface area contributed by atoms with E-state index in [1.807, 2.05) is 76.2 Å². The van der Waals surface area contributed by atoms with Crippen molar-refractivity contribution in [1.82, 2.24) is 10.2 Å². The highest BCUT2D eigenvalue weighted by atomic mass is 16.5. The minimum atomic E-state index is -0.591. The van der Waals surface area contributed by atoms with Crippen LogP contribution in [0, 0.1) is 6.92 Å². The van der Waals surface area contributed by atoms with Gasteiger partial charge >= 0.3 is 0 Å². The molecule has 0 unspecified atom stereocenters. The van der Waals surface area contributed by atoms with E-state index in [4.69, 9.17) is 9.47 Å². The number of nitrogens with one attached hydrogen (secondary N) is 1. The molecule has 0 fully saturated rings. The van der Waals surface area contributed by atoms with Crippen molar-refractivity contribution in [1.29, 1.82) is 0 Å². The number of amides is 2. The van der Waals surface area contributed by atoms with Crippen molar-refractivity contribution in [2.24, 2.45) is 0 Å². The molecule has 2 rings (SSSR count). The lowest BCUT2D eigenvalue weighted by Crippen LogP contribution is -2.51. The van der Waals surface area contributed by atoms with E-state index in [1.165, 1.54) is 0 Å². The number of methoxy groups -OCH3 is 1. The molecule has 1 N–H and O–H groups in total. The summed E-state index contributed by atoms with van der Waals surface area (Å²) >= 11 is 0. The largest absolute Gasteiger partial charge is 0.497 e. The van der Waals surface area contributed by atoms with Crippen LogP contribution < -0.4 is 14.8 Å². The zero-order valence-electron chi connectivity index (χ0n) is 18.5. The van der Waals surface area contributed by atoms with Gasteiger partial charge in [0.15, 0.2) is 6.61 Å². The molecule has 2 aromatic rings. The summed E-state index contributed by atoms with van der Waals surface area (Å²) in [5, 5.41) is 2.92. The van der Waals surface area contributed by atoms with Gasteiger partial charge in [-0.3, -0.25) is 9.59 Å². The van der Waals surface area contributed by atoms with Crippen molar-refractivity contribution in [2.75, 3.05) is 13.7 Å². The van der Waals surface area contributed by atoms with Crippen molar-refractivity contribution in [3.63, 3.8) is 0 Å². The normalized spacial score (nSPS) is 11.7. The number of hydrogen-bond acceptors (Lipinski definition) is 4. The Morgan fingerprint density at radius 1 is 1.07 bits per heavy atom. The van der Waals surface area contributed by atoms with Gasteiger partial charge in [0.05, 0.1) is 7.11 Å². The summed E-state index contributed by atoms with van der Waals surface area (Å²) < 4.78 is 11.0. The Labute approximate surface area is 179 Å². The molecule has 2 aromatic carbocycles. The molecule has 0 saturated heterocycles. The van der Waals surface area contributed by atoms with Crippen LogP contribution in [0.15, 0.2) is 48.5 Å². The highest BCUT2D eigenvalue weighted by Crippen LogP contribution is 2.18. The number of nitrogens with zero attached hydrogens (tertiary/aromatic N) is 1. The molecule has 6 heteroatoms. The maximum absolute atomic E-state index is 13.1. The third kappa shape index (κ3) is 6.79. The number of aryl methyl sites for hydroxylation is 1. The zero-order valence-corrected chi connectivity index (χ0v) is 18.5. The summed E-state index contributed by atoms with van der Waals surface area (Å²) in [5.74, 6) is 0.921. The fraction of sp³-hybridized carbons (Fsp3) is 0.417. The SMILES string of the molecule is CC[C@@H](C(=O)NC(C)C)N(Cc1cccc(OC)c1)C(=O)COc1cccc(C)c1. The van der Waals surface area contributed by atoms with Crippen LogP contribution in [0.5, 0.6) is 11.5 Å². The Morgan fingerprint density at radius 3 is 2.40 bits per heavy atom. The lowest BCUT2D eigenvalue weighted by molar-refractivity contribution is -0.143. The van der Waals surface area contributed by atoms with E-state index >= 15 is 0 Å². The van der Waals surface area contributed by atoms with Gasteiger partial charge in [-0.2, -0.15) is 0 Å². The van der Waals surface area contributed by atoms with E-state index in [-0.39, 0.29) is 31.0 Å². The first-order valence-corrected chi connectivity index (χ1v) is 10.3. The van der Waals surface area contributed by atoms with Crippen LogP contribution >= 0.6 is 0 Å². The lowest BCUT2D eigenvalue weighted by Gasteiger charge is -2.31. The van der Waals surface area contributed by atoms with Gasteiger partial charge in [-0.15, -0.1) is 0 Å². The molecule has 30 heavy (non-hydrogen) atoms. The van der Waals surface area contributed by atoms with Gasteiger partial charge in [-0.05, 0) is 62.6 Å². The Bertz CT molecular complexity index is 851. The Hall–Kier alpha value is -3.02. The summed E-state index contributed by atoms with van der Waals surface area (Å²) in [7, 11) is 1.60. The fourth-order valence-electron chi connectivity index (χ4n) is 3.20. The van der Waals surface area contributed by atoms with E-state index in [0.29, 0.717) is 17.9 Å². The van der Waals surface area contributed by atoms with E-state index in [9.17, 15) is 9.59 Å². The summed E-state index contributed by atoms with van der Waals surface area (Å²) in [6, 6.07) is 14.4.